The van der Waals surface area contributed by atoms with Gasteiger partial charge in [-0.15, -0.1) is 0 Å². The van der Waals surface area contributed by atoms with Gasteiger partial charge in [0.05, 0.1) is 18.3 Å². The maximum atomic E-state index is 12.5. The van der Waals surface area contributed by atoms with Gasteiger partial charge in [-0.25, -0.2) is 0 Å². The van der Waals surface area contributed by atoms with E-state index in [1.807, 2.05) is 27.9 Å². The molecule has 1 rings (SSSR count). The predicted molar refractivity (Wildman–Crippen MR) is 87.0 cm³/mol. The first-order chi connectivity index (χ1) is 9.99. The lowest BCUT2D eigenvalue weighted by molar-refractivity contribution is 0.0939. The van der Waals surface area contributed by atoms with Gasteiger partial charge in [-0.2, -0.15) is 0 Å². The zero-order chi connectivity index (χ0) is 15.8. The van der Waals surface area contributed by atoms with Crippen molar-refractivity contribution in [2.45, 2.75) is 26.3 Å². The van der Waals surface area contributed by atoms with E-state index in [-0.39, 0.29) is 11.8 Å². The van der Waals surface area contributed by atoms with Gasteiger partial charge in [0.2, 0.25) is 0 Å². The van der Waals surface area contributed by atoms with Crippen molar-refractivity contribution in [2.24, 2.45) is 0 Å². The Morgan fingerprint density at radius 1 is 1.38 bits per heavy atom. The quantitative estimate of drug-likeness (QED) is 0.536. The maximum absolute atomic E-state index is 12.5. The number of hydrogen-bond acceptors (Lipinski definition) is 5. The van der Waals surface area contributed by atoms with Crippen molar-refractivity contribution >= 4 is 11.5 Å². The molecular weight excluding hydrogens is 266 g/mol. The minimum Gasteiger partial charge on any atom is -0.492 e. The van der Waals surface area contributed by atoms with Crippen LogP contribution < -0.4 is 15.8 Å². The lowest BCUT2D eigenvalue weighted by atomic mass is 10.0. The predicted octanol–water partition coefficient (Wildman–Crippen LogP) is 1.78. The number of likely N-dealkylation sites (N-methyl/N-ethyl adjacent to an activating group) is 1. The normalized spacial score (nSPS) is 12.4. The number of nitrogens with zero attached hydrogens (tertiary/aromatic N) is 1. The van der Waals surface area contributed by atoms with E-state index in [9.17, 15) is 4.79 Å². The van der Waals surface area contributed by atoms with Crippen molar-refractivity contribution in [2.75, 3.05) is 39.5 Å². The molecule has 1 aromatic rings. The molecule has 0 amide bonds. The number of hydrogen-bond donors (Lipinski definition) is 2. The van der Waals surface area contributed by atoms with E-state index in [0.717, 1.165) is 19.5 Å². The molecule has 5 nitrogen and oxygen atoms in total. The van der Waals surface area contributed by atoms with Crippen LogP contribution in [0.1, 0.15) is 30.6 Å². The van der Waals surface area contributed by atoms with E-state index < -0.39 is 0 Å². The summed E-state index contributed by atoms with van der Waals surface area (Å²) in [5.74, 6) is 0.702. The molecule has 0 saturated carbocycles. The first-order valence-electron chi connectivity index (χ1n) is 7.44. The summed E-state index contributed by atoms with van der Waals surface area (Å²) < 4.78 is 5.39. The van der Waals surface area contributed by atoms with Crippen LogP contribution in [0.25, 0.3) is 0 Å². The summed E-state index contributed by atoms with van der Waals surface area (Å²) in [4.78, 5) is 14.6. The second kappa shape index (κ2) is 8.64. The number of nitrogens with two attached hydrogens (primary N) is 1. The molecule has 0 saturated heterocycles. The highest BCUT2D eigenvalue weighted by Crippen LogP contribution is 2.23. The van der Waals surface area contributed by atoms with Gasteiger partial charge >= 0.3 is 0 Å². The van der Waals surface area contributed by atoms with E-state index in [1.165, 1.54) is 0 Å². The fraction of sp³-hybridized carbons (Fsp3) is 0.562. The number of nitrogen functional groups attached to an aromatic ring is 1. The van der Waals surface area contributed by atoms with Crippen LogP contribution in [0.2, 0.25) is 0 Å². The Morgan fingerprint density at radius 2 is 2.10 bits per heavy atom. The Kier molecular flexibility index (Phi) is 7.19. The number of anilines is 1. The molecular formula is C16H27N3O2. The lowest BCUT2D eigenvalue weighted by Gasteiger charge is -2.18. The van der Waals surface area contributed by atoms with Gasteiger partial charge in [-0.3, -0.25) is 4.79 Å². The van der Waals surface area contributed by atoms with Crippen molar-refractivity contribution in [3.05, 3.63) is 23.8 Å². The molecule has 0 radical (unpaired) electrons. The zero-order valence-corrected chi connectivity index (χ0v) is 13.5. The summed E-state index contributed by atoms with van der Waals surface area (Å²) in [7, 11) is 4.02. The van der Waals surface area contributed by atoms with Crippen LogP contribution in [0.5, 0.6) is 5.75 Å². The van der Waals surface area contributed by atoms with E-state index in [2.05, 4.69) is 10.2 Å². The fourth-order valence-electron chi connectivity index (χ4n) is 2.07. The second-order valence-corrected chi connectivity index (χ2v) is 5.27. The monoisotopic (exact) mass is 293 g/mol. The van der Waals surface area contributed by atoms with Crippen molar-refractivity contribution in [1.82, 2.24) is 10.2 Å². The van der Waals surface area contributed by atoms with E-state index in [4.69, 9.17) is 10.5 Å². The van der Waals surface area contributed by atoms with Gasteiger partial charge < -0.3 is 20.7 Å². The zero-order valence-electron chi connectivity index (χ0n) is 13.5. The summed E-state index contributed by atoms with van der Waals surface area (Å²) in [6.07, 6.45) is 0.749. The molecule has 0 fully saturated rings. The van der Waals surface area contributed by atoms with Gasteiger partial charge in [0.1, 0.15) is 5.75 Å². The van der Waals surface area contributed by atoms with E-state index >= 15 is 0 Å². The average Bonchev–Trinajstić information content (AvgIpc) is 2.45. The molecule has 1 aromatic carbocycles. The Hall–Kier alpha value is -1.59. The van der Waals surface area contributed by atoms with Crippen LogP contribution in [0.15, 0.2) is 18.2 Å². The maximum Gasteiger partial charge on any atom is 0.179 e. The van der Waals surface area contributed by atoms with E-state index in [1.54, 1.807) is 18.2 Å². The average molecular weight is 293 g/mol. The Morgan fingerprint density at radius 3 is 2.62 bits per heavy atom. The summed E-state index contributed by atoms with van der Waals surface area (Å²) >= 11 is 0. The van der Waals surface area contributed by atoms with Crippen molar-refractivity contribution < 1.29 is 9.53 Å². The molecule has 5 heteroatoms. The Bertz CT molecular complexity index is 461. The summed E-state index contributed by atoms with van der Waals surface area (Å²) in [5, 5.41) is 3.29. The number of rotatable bonds is 9. The van der Waals surface area contributed by atoms with Crippen molar-refractivity contribution in [3.63, 3.8) is 0 Å². The largest absolute Gasteiger partial charge is 0.492 e. The van der Waals surface area contributed by atoms with Crippen LogP contribution in [0.3, 0.4) is 0 Å². The molecule has 0 aliphatic heterocycles. The number of nitrogens with one attached hydrogen (secondary N) is 1. The smallest absolute Gasteiger partial charge is 0.179 e. The third-order valence-electron chi connectivity index (χ3n) is 3.27. The SMILES string of the molecule is CCOc1ccc(C(=O)C(CC)NCCN(C)C)cc1N. The molecule has 3 N–H and O–H groups in total. The van der Waals surface area contributed by atoms with Gasteiger partial charge in [-0.05, 0) is 45.6 Å². The van der Waals surface area contributed by atoms with Crippen LogP contribution in [0, 0.1) is 0 Å². The number of ether oxygens (including phenoxy) is 1. The number of Topliss-reactive ketones (excluding diaryl/α,β-unsaturated/α-hetero) is 1. The van der Waals surface area contributed by atoms with Gasteiger partial charge in [0, 0.05) is 18.7 Å². The number of benzene rings is 1. The fourth-order valence-corrected chi connectivity index (χ4v) is 2.07. The third kappa shape index (κ3) is 5.36. The molecule has 0 bridgehead atoms. The Labute approximate surface area is 127 Å². The first kappa shape index (κ1) is 17.5. The summed E-state index contributed by atoms with van der Waals surface area (Å²) in [6.45, 7) is 6.14. The highest BCUT2D eigenvalue weighted by Gasteiger charge is 2.18. The molecule has 0 spiro atoms. The number of carbonyl (C=O) groups excluding carboxylic acids is 1. The molecule has 1 unspecified atom stereocenters. The molecule has 0 aliphatic carbocycles. The van der Waals surface area contributed by atoms with Gasteiger partial charge in [-0.1, -0.05) is 6.92 Å². The molecule has 0 heterocycles. The second-order valence-electron chi connectivity index (χ2n) is 5.27. The van der Waals surface area contributed by atoms with Crippen LogP contribution in [-0.4, -0.2) is 50.5 Å². The topological polar surface area (TPSA) is 67.6 Å². The standard InChI is InChI=1S/C16H27N3O2/c1-5-14(18-9-10-19(3)4)16(20)12-7-8-15(21-6-2)13(17)11-12/h7-8,11,14,18H,5-6,9-10,17H2,1-4H3. The summed E-state index contributed by atoms with van der Waals surface area (Å²) in [6, 6.07) is 5.06. The van der Waals surface area contributed by atoms with Crippen LogP contribution in [0.4, 0.5) is 5.69 Å². The van der Waals surface area contributed by atoms with Crippen molar-refractivity contribution in [1.29, 1.82) is 0 Å². The lowest BCUT2D eigenvalue weighted by Crippen LogP contribution is -2.39. The third-order valence-corrected chi connectivity index (χ3v) is 3.27. The molecule has 118 valence electrons. The number of ketones is 1. The van der Waals surface area contributed by atoms with E-state index in [0.29, 0.717) is 23.6 Å². The minimum atomic E-state index is -0.178. The molecule has 0 aromatic heterocycles. The minimum absolute atomic E-state index is 0.0750. The Balaban J connectivity index is 2.73. The molecule has 0 aliphatic rings. The molecule has 1 atom stereocenters. The molecule has 21 heavy (non-hydrogen) atoms. The van der Waals surface area contributed by atoms with Gasteiger partial charge in [0.15, 0.2) is 5.78 Å². The highest BCUT2D eigenvalue weighted by molar-refractivity contribution is 6.01. The van der Waals surface area contributed by atoms with Crippen LogP contribution >= 0.6 is 0 Å². The van der Waals surface area contributed by atoms with Crippen molar-refractivity contribution in [3.8, 4) is 5.75 Å². The summed E-state index contributed by atoms with van der Waals surface area (Å²) in [5.41, 5.74) is 7.05. The van der Waals surface area contributed by atoms with Gasteiger partial charge in [0.25, 0.3) is 0 Å². The van der Waals surface area contributed by atoms with Crippen LogP contribution in [-0.2, 0) is 0 Å². The first-order valence-corrected chi connectivity index (χ1v) is 7.44. The highest BCUT2D eigenvalue weighted by atomic mass is 16.5. The number of carbonyl (C=O) groups is 1.